The molecule has 2 N–H and O–H groups in total. The quantitative estimate of drug-likeness (QED) is 0.789. The second kappa shape index (κ2) is 4.68. The van der Waals surface area contributed by atoms with Crippen molar-refractivity contribution in [3.8, 4) is 0 Å². The van der Waals surface area contributed by atoms with Gasteiger partial charge in [-0.05, 0) is 33.8 Å². The molecule has 100 valence electrons. The Morgan fingerprint density at radius 2 is 1.72 bits per heavy atom. The average molecular weight is 275 g/mol. The highest BCUT2D eigenvalue weighted by molar-refractivity contribution is 6.62. The van der Waals surface area contributed by atoms with E-state index < -0.39 is 24.1 Å². The molecule has 0 aliphatic carbocycles. The molecule has 1 aromatic heterocycles. The van der Waals surface area contributed by atoms with E-state index in [0.29, 0.717) is 5.46 Å². The van der Waals surface area contributed by atoms with Crippen molar-refractivity contribution in [1.29, 1.82) is 0 Å². The lowest BCUT2D eigenvalue weighted by atomic mass is 9.80. The molecule has 7 heteroatoms. The molecule has 0 atom stereocenters. The van der Waals surface area contributed by atoms with Crippen molar-refractivity contribution < 1.29 is 13.7 Å². The molecule has 2 rings (SSSR count). The zero-order valence-corrected chi connectivity index (χ0v) is 11.7. The van der Waals surface area contributed by atoms with Gasteiger partial charge in [-0.25, -0.2) is 9.37 Å². The van der Waals surface area contributed by atoms with Crippen LogP contribution in [0.1, 0.15) is 27.7 Å². The molecule has 1 fully saturated rings. The van der Waals surface area contributed by atoms with E-state index in [1.165, 1.54) is 12.3 Å². The van der Waals surface area contributed by atoms with Crippen LogP contribution in [0.15, 0.2) is 12.3 Å². The molecule has 0 amide bonds. The lowest BCUT2D eigenvalue weighted by Gasteiger charge is -2.32. The Morgan fingerprint density at radius 1 is 1.22 bits per heavy atom. The highest BCUT2D eigenvalue weighted by Crippen LogP contribution is 2.36. The number of nitrogen functional groups attached to an aromatic ring is 1. The molecule has 0 bridgehead atoms. The van der Waals surface area contributed by atoms with Crippen molar-refractivity contribution in [3.05, 3.63) is 18.1 Å². The second-order valence-electron chi connectivity index (χ2n) is 5.22. The van der Waals surface area contributed by atoms with Crippen molar-refractivity contribution >= 4 is 30.8 Å². The molecule has 1 aliphatic heterocycles. The zero-order chi connectivity index (χ0) is 12.8. The van der Waals surface area contributed by atoms with E-state index in [0.717, 1.165) is 0 Å². The largest absolute Gasteiger partial charge is 0.496 e. The first kappa shape index (κ1) is 15.2. The summed E-state index contributed by atoms with van der Waals surface area (Å²) in [6, 6.07) is 1.30. The summed E-state index contributed by atoms with van der Waals surface area (Å²) >= 11 is 0. The van der Waals surface area contributed by atoms with E-state index >= 15 is 0 Å². The van der Waals surface area contributed by atoms with Crippen LogP contribution in [0.25, 0.3) is 0 Å². The minimum atomic E-state index is -0.609. The van der Waals surface area contributed by atoms with Gasteiger partial charge in [-0.15, -0.1) is 12.4 Å². The van der Waals surface area contributed by atoms with Gasteiger partial charge in [-0.2, -0.15) is 0 Å². The Morgan fingerprint density at radius 3 is 2.17 bits per heavy atom. The molecule has 1 saturated heterocycles. The lowest BCUT2D eigenvalue weighted by molar-refractivity contribution is 0.00578. The zero-order valence-electron chi connectivity index (χ0n) is 10.9. The van der Waals surface area contributed by atoms with Crippen LogP contribution in [0.2, 0.25) is 0 Å². The normalized spacial score (nSPS) is 20.6. The van der Waals surface area contributed by atoms with Crippen LogP contribution in [-0.4, -0.2) is 23.3 Å². The number of aromatic nitrogens is 1. The molecule has 0 radical (unpaired) electrons. The topological polar surface area (TPSA) is 57.4 Å². The first-order valence-electron chi connectivity index (χ1n) is 5.49. The third-order valence-electron chi connectivity index (χ3n) is 3.42. The van der Waals surface area contributed by atoms with Gasteiger partial charge in [-0.3, -0.25) is 0 Å². The van der Waals surface area contributed by atoms with Gasteiger partial charge in [0.25, 0.3) is 0 Å². The highest BCUT2D eigenvalue weighted by atomic mass is 35.5. The summed E-state index contributed by atoms with van der Waals surface area (Å²) in [7, 11) is -0.609. The van der Waals surface area contributed by atoms with Crippen LogP contribution < -0.4 is 11.2 Å². The summed E-state index contributed by atoms with van der Waals surface area (Å²) < 4.78 is 24.9. The minimum absolute atomic E-state index is 0. The molecule has 0 aromatic carbocycles. The predicted octanol–water partition coefficient (Wildman–Crippen LogP) is 1.52. The van der Waals surface area contributed by atoms with E-state index in [1.807, 2.05) is 27.7 Å². The number of hydrogen-bond acceptors (Lipinski definition) is 4. The summed E-state index contributed by atoms with van der Waals surface area (Å²) in [4.78, 5) is 3.76. The van der Waals surface area contributed by atoms with E-state index in [9.17, 15) is 4.39 Å². The monoisotopic (exact) mass is 274 g/mol. The molecule has 0 unspecified atom stereocenters. The van der Waals surface area contributed by atoms with Crippen LogP contribution >= 0.6 is 12.4 Å². The number of rotatable bonds is 1. The molecule has 2 heterocycles. The maximum Gasteiger partial charge on any atom is 0.496 e. The van der Waals surface area contributed by atoms with E-state index in [-0.39, 0.29) is 18.2 Å². The van der Waals surface area contributed by atoms with E-state index in [4.69, 9.17) is 15.0 Å². The molecule has 4 nitrogen and oxygen atoms in total. The molecule has 1 aliphatic rings. The summed E-state index contributed by atoms with van der Waals surface area (Å²) in [5.41, 5.74) is 4.97. The maximum atomic E-state index is 13.3. The highest BCUT2D eigenvalue weighted by Gasteiger charge is 2.51. The van der Waals surface area contributed by atoms with Crippen LogP contribution in [0.3, 0.4) is 0 Å². The number of nitrogens with zero attached hydrogens (tertiary/aromatic N) is 1. The molecule has 18 heavy (non-hydrogen) atoms. The number of hydrogen-bond donors (Lipinski definition) is 1. The minimum Gasteiger partial charge on any atom is -0.399 e. The first-order chi connectivity index (χ1) is 7.73. The van der Waals surface area contributed by atoms with Gasteiger partial charge in [0.05, 0.1) is 11.2 Å². The first-order valence-corrected chi connectivity index (χ1v) is 5.49. The van der Waals surface area contributed by atoms with Gasteiger partial charge < -0.3 is 15.0 Å². The van der Waals surface area contributed by atoms with Crippen LogP contribution in [-0.2, 0) is 9.31 Å². The molecule has 0 spiro atoms. The third-order valence-corrected chi connectivity index (χ3v) is 3.42. The van der Waals surface area contributed by atoms with E-state index in [2.05, 4.69) is 4.98 Å². The second-order valence-corrected chi connectivity index (χ2v) is 5.22. The van der Waals surface area contributed by atoms with Gasteiger partial charge in [0.2, 0.25) is 0 Å². The standard InChI is InChI=1S/C11H16BFN2O2.ClH/c1-10(2)11(3,4)17-12(16-10)7-5-8(13)9(14)15-6-7;/h5-6H,1-4H3,(H2,14,15);1H. The Bertz CT molecular complexity index is 441. The van der Waals surface area contributed by atoms with Gasteiger partial charge in [0.1, 0.15) is 0 Å². The SMILES string of the molecule is CC1(C)OB(c2cnc(N)c(F)c2)OC1(C)C.Cl. The van der Waals surface area contributed by atoms with Crippen molar-refractivity contribution in [3.63, 3.8) is 0 Å². The number of pyridine rings is 1. The summed E-state index contributed by atoms with van der Waals surface area (Å²) in [5, 5.41) is 0. The van der Waals surface area contributed by atoms with Crippen molar-refractivity contribution in [2.75, 3.05) is 5.73 Å². The summed E-state index contributed by atoms with van der Waals surface area (Å²) in [6.45, 7) is 7.75. The van der Waals surface area contributed by atoms with Crippen molar-refractivity contribution in [2.24, 2.45) is 0 Å². The fraction of sp³-hybridized carbons (Fsp3) is 0.545. The molecule has 0 saturated carbocycles. The third kappa shape index (κ3) is 2.46. The van der Waals surface area contributed by atoms with Crippen LogP contribution in [0.4, 0.5) is 10.2 Å². The van der Waals surface area contributed by atoms with Crippen molar-refractivity contribution in [1.82, 2.24) is 4.98 Å². The Kier molecular flexibility index (Phi) is 3.96. The molecular formula is C11H17BClFN2O2. The molecular weight excluding hydrogens is 257 g/mol. The van der Waals surface area contributed by atoms with Gasteiger partial charge >= 0.3 is 7.12 Å². The smallest absolute Gasteiger partial charge is 0.399 e. The fourth-order valence-electron chi connectivity index (χ4n) is 1.57. The van der Waals surface area contributed by atoms with Gasteiger partial charge in [0.15, 0.2) is 11.6 Å². The lowest BCUT2D eigenvalue weighted by Crippen LogP contribution is -2.41. The van der Waals surface area contributed by atoms with Crippen LogP contribution in [0, 0.1) is 5.82 Å². The van der Waals surface area contributed by atoms with Gasteiger partial charge in [-0.1, -0.05) is 0 Å². The Balaban J connectivity index is 0.00000162. The predicted molar refractivity (Wildman–Crippen MR) is 71.6 cm³/mol. The summed E-state index contributed by atoms with van der Waals surface area (Å²) in [5.74, 6) is -0.678. The van der Waals surface area contributed by atoms with Crippen LogP contribution in [0.5, 0.6) is 0 Å². The number of anilines is 1. The Labute approximate surface area is 113 Å². The number of nitrogens with two attached hydrogens (primary N) is 1. The fourth-order valence-corrected chi connectivity index (χ4v) is 1.57. The maximum absolute atomic E-state index is 13.3. The van der Waals surface area contributed by atoms with E-state index in [1.54, 1.807) is 0 Å². The van der Waals surface area contributed by atoms with Gasteiger partial charge in [0, 0.05) is 11.7 Å². The Hall–Kier alpha value is -0.845. The van der Waals surface area contributed by atoms with Crippen molar-refractivity contribution in [2.45, 2.75) is 38.9 Å². The average Bonchev–Trinajstić information content (AvgIpc) is 2.41. The number of halogens is 2. The molecule has 1 aromatic rings. The summed E-state index contributed by atoms with van der Waals surface area (Å²) in [6.07, 6.45) is 1.47.